The smallest absolute Gasteiger partial charge is 0.277 e. The number of amides is 2. The standard InChI is InChI=1S/C17H20N2O4/c1-22-10-9-19-16(20)14(13-5-3-2-4-6-13)15(17(19)21)18-7-11-23-12-8-18/h2-6H,7-12H2,1H3. The quantitative estimate of drug-likeness (QED) is 0.750. The molecule has 1 fully saturated rings. The predicted molar refractivity (Wildman–Crippen MR) is 84.4 cm³/mol. The van der Waals surface area contributed by atoms with Gasteiger partial charge in [-0.25, -0.2) is 0 Å². The minimum atomic E-state index is -0.250. The highest BCUT2D eigenvalue weighted by Gasteiger charge is 2.41. The average molecular weight is 316 g/mol. The Hall–Kier alpha value is -2.18. The molecule has 3 rings (SSSR count). The molecule has 2 aliphatic heterocycles. The Kier molecular flexibility index (Phi) is 4.73. The zero-order chi connectivity index (χ0) is 16.2. The molecule has 0 aliphatic carbocycles. The molecule has 6 heteroatoms. The lowest BCUT2D eigenvalue weighted by atomic mass is 10.0. The Morgan fingerprint density at radius 2 is 1.78 bits per heavy atom. The van der Waals surface area contributed by atoms with Crippen molar-refractivity contribution in [3.8, 4) is 0 Å². The van der Waals surface area contributed by atoms with Gasteiger partial charge >= 0.3 is 0 Å². The van der Waals surface area contributed by atoms with Crippen LogP contribution in [0.4, 0.5) is 0 Å². The second kappa shape index (κ2) is 6.93. The maximum atomic E-state index is 12.8. The molecule has 0 radical (unpaired) electrons. The van der Waals surface area contributed by atoms with Gasteiger partial charge in [0, 0.05) is 20.2 Å². The second-order valence-corrected chi connectivity index (χ2v) is 5.44. The van der Waals surface area contributed by atoms with E-state index in [1.165, 1.54) is 4.90 Å². The van der Waals surface area contributed by atoms with Gasteiger partial charge in [0.1, 0.15) is 5.70 Å². The third kappa shape index (κ3) is 3.00. The van der Waals surface area contributed by atoms with E-state index in [2.05, 4.69) is 0 Å². The number of carbonyl (C=O) groups excluding carboxylic acids is 2. The first-order chi connectivity index (χ1) is 11.2. The van der Waals surface area contributed by atoms with Crippen LogP contribution in [0.25, 0.3) is 5.57 Å². The van der Waals surface area contributed by atoms with E-state index in [9.17, 15) is 9.59 Å². The van der Waals surface area contributed by atoms with Gasteiger partial charge in [-0.2, -0.15) is 0 Å². The van der Waals surface area contributed by atoms with Crippen molar-refractivity contribution < 1.29 is 19.1 Å². The van der Waals surface area contributed by atoms with Crippen molar-refractivity contribution in [3.05, 3.63) is 41.6 Å². The monoisotopic (exact) mass is 316 g/mol. The Bertz CT molecular complexity index is 621. The first-order valence-electron chi connectivity index (χ1n) is 7.71. The van der Waals surface area contributed by atoms with E-state index in [1.54, 1.807) is 7.11 Å². The molecule has 23 heavy (non-hydrogen) atoms. The Labute approximate surface area is 135 Å². The molecule has 0 aromatic heterocycles. The summed E-state index contributed by atoms with van der Waals surface area (Å²) in [7, 11) is 1.56. The molecule has 6 nitrogen and oxygen atoms in total. The summed E-state index contributed by atoms with van der Waals surface area (Å²) >= 11 is 0. The van der Waals surface area contributed by atoms with Gasteiger partial charge in [0.15, 0.2) is 0 Å². The zero-order valence-electron chi connectivity index (χ0n) is 13.2. The van der Waals surface area contributed by atoms with Gasteiger partial charge < -0.3 is 14.4 Å². The van der Waals surface area contributed by atoms with E-state index in [0.717, 1.165) is 5.56 Å². The van der Waals surface area contributed by atoms with Crippen LogP contribution in [0.3, 0.4) is 0 Å². The molecule has 0 unspecified atom stereocenters. The van der Waals surface area contributed by atoms with Gasteiger partial charge in [-0.3, -0.25) is 14.5 Å². The number of imide groups is 1. The van der Waals surface area contributed by atoms with Crippen LogP contribution in [-0.2, 0) is 19.1 Å². The number of morpholine rings is 1. The second-order valence-electron chi connectivity index (χ2n) is 5.44. The van der Waals surface area contributed by atoms with Gasteiger partial charge in [-0.1, -0.05) is 30.3 Å². The molecule has 0 bridgehead atoms. The summed E-state index contributed by atoms with van der Waals surface area (Å²) in [6.07, 6.45) is 0. The van der Waals surface area contributed by atoms with E-state index in [-0.39, 0.29) is 18.4 Å². The van der Waals surface area contributed by atoms with Gasteiger partial charge in [0.2, 0.25) is 0 Å². The lowest BCUT2D eigenvalue weighted by molar-refractivity contribution is -0.138. The van der Waals surface area contributed by atoms with Crippen LogP contribution in [0, 0.1) is 0 Å². The predicted octanol–water partition coefficient (Wildman–Crippen LogP) is 0.745. The topological polar surface area (TPSA) is 59.1 Å². The summed E-state index contributed by atoms with van der Waals surface area (Å²) in [6, 6.07) is 9.35. The summed E-state index contributed by atoms with van der Waals surface area (Å²) in [5, 5.41) is 0. The zero-order valence-corrected chi connectivity index (χ0v) is 13.2. The molecule has 1 saturated heterocycles. The minimum Gasteiger partial charge on any atom is -0.383 e. The van der Waals surface area contributed by atoms with E-state index in [4.69, 9.17) is 9.47 Å². The Morgan fingerprint density at radius 1 is 1.09 bits per heavy atom. The highest BCUT2D eigenvalue weighted by Crippen LogP contribution is 2.31. The molecule has 2 heterocycles. The summed E-state index contributed by atoms with van der Waals surface area (Å²) in [6.45, 7) is 2.94. The minimum absolute atomic E-state index is 0.243. The van der Waals surface area contributed by atoms with Crippen LogP contribution in [0.5, 0.6) is 0 Å². The van der Waals surface area contributed by atoms with E-state index < -0.39 is 0 Å². The molecule has 0 atom stereocenters. The van der Waals surface area contributed by atoms with Crippen LogP contribution in [0.2, 0.25) is 0 Å². The van der Waals surface area contributed by atoms with Crippen LogP contribution >= 0.6 is 0 Å². The largest absolute Gasteiger partial charge is 0.383 e. The summed E-state index contributed by atoms with van der Waals surface area (Å²) in [5.74, 6) is -0.493. The number of ether oxygens (including phenoxy) is 2. The number of carbonyl (C=O) groups is 2. The number of nitrogens with zero attached hydrogens (tertiary/aromatic N) is 2. The normalized spacial score (nSPS) is 19.0. The maximum absolute atomic E-state index is 12.8. The molecule has 1 aromatic rings. The molecule has 0 saturated carbocycles. The van der Waals surface area contributed by atoms with Crippen LogP contribution in [0.15, 0.2) is 36.0 Å². The highest BCUT2D eigenvalue weighted by molar-refractivity contribution is 6.35. The fourth-order valence-electron chi connectivity index (χ4n) is 2.89. The Morgan fingerprint density at radius 3 is 2.43 bits per heavy atom. The molecule has 0 spiro atoms. The highest BCUT2D eigenvalue weighted by atomic mass is 16.5. The van der Waals surface area contributed by atoms with E-state index >= 15 is 0 Å². The number of benzene rings is 1. The number of methoxy groups -OCH3 is 1. The first-order valence-corrected chi connectivity index (χ1v) is 7.71. The molecule has 122 valence electrons. The van der Waals surface area contributed by atoms with Crippen LogP contribution in [0.1, 0.15) is 5.56 Å². The fourth-order valence-corrected chi connectivity index (χ4v) is 2.89. The van der Waals surface area contributed by atoms with Crippen molar-refractivity contribution in [2.45, 2.75) is 0 Å². The summed E-state index contributed by atoms with van der Waals surface area (Å²) in [5.41, 5.74) is 1.74. The third-order valence-corrected chi connectivity index (χ3v) is 4.05. The van der Waals surface area contributed by atoms with Gasteiger partial charge in [-0.15, -0.1) is 0 Å². The van der Waals surface area contributed by atoms with Gasteiger partial charge in [0.25, 0.3) is 11.8 Å². The fraction of sp³-hybridized carbons (Fsp3) is 0.412. The maximum Gasteiger partial charge on any atom is 0.277 e. The lowest BCUT2D eigenvalue weighted by Gasteiger charge is -2.29. The molecular weight excluding hydrogens is 296 g/mol. The average Bonchev–Trinajstić information content (AvgIpc) is 2.85. The molecular formula is C17H20N2O4. The van der Waals surface area contributed by atoms with Crippen molar-refractivity contribution in [1.29, 1.82) is 0 Å². The van der Waals surface area contributed by atoms with Crippen LogP contribution in [-0.4, -0.2) is 68.2 Å². The first kappa shape index (κ1) is 15.7. The molecule has 2 amide bonds. The summed E-state index contributed by atoms with van der Waals surface area (Å²) in [4.78, 5) is 28.9. The molecule has 2 aliphatic rings. The van der Waals surface area contributed by atoms with E-state index in [1.807, 2.05) is 35.2 Å². The third-order valence-electron chi connectivity index (χ3n) is 4.05. The van der Waals surface area contributed by atoms with Crippen molar-refractivity contribution in [2.75, 3.05) is 46.6 Å². The van der Waals surface area contributed by atoms with Crippen molar-refractivity contribution in [3.63, 3.8) is 0 Å². The lowest BCUT2D eigenvalue weighted by Crippen LogP contribution is -2.41. The van der Waals surface area contributed by atoms with Crippen molar-refractivity contribution in [2.24, 2.45) is 0 Å². The Balaban J connectivity index is 2.00. The number of hydrogen-bond acceptors (Lipinski definition) is 5. The SMILES string of the molecule is COCCN1C(=O)C(c2ccccc2)=C(N2CCOCC2)C1=O. The van der Waals surface area contributed by atoms with Gasteiger partial charge in [0.05, 0.1) is 31.9 Å². The molecule has 1 aromatic carbocycles. The number of rotatable bonds is 5. The summed E-state index contributed by atoms with van der Waals surface area (Å²) < 4.78 is 10.4. The van der Waals surface area contributed by atoms with Crippen molar-refractivity contribution in [1.82, 2.24) is 9.80 Å². The van der Waals surface area contributed by atoms with Gasteiger partial charge in [-0.05, 0) is 5.56 Å². The van der Waals surface area contributed by atoms with Crippen molar-refractivity contribution >= 4 is 17.4 Å². The number of hydrogen-bond donors (Lipinski definition) is 0. The van der Waals surface area contributed by atoms with E-state index in [0.29, 0.717) is 44.2 Å². The van der Waals surface area contributed by atoms with Crippen LogP contribution < -0.4 is 0 Å². The molecule has 0 N–H and O–H groups in total.